The largest absolute Gasteiger partial charge is 0.230 e. The van der Waals surface area contributed by atoms with Crippen LogP contribution < -0.4 is 0 Å². The van der Waals surface area contributed by atoms with E-state index in [4.69, 9.17) is 0 Å². The van der Waals surface area contributed by atoms with Gasteiger partial charge in [-0.05, 0) is 40.6 Å². The van der Waals surface area contributed by atoms with Gasteiger partial charge >= 0.3 is 0 Å². The summed E-state index contributed by atoms with van der Waals surface area (Å²) >= 11 is 6.76. The van der Waals surface area contributed by atoms with Crippen LogP contribution in [0, 0.1) is 3.57 Å². The Morgan fingerprint density at radius 1 is 1.20 bits per heavy atom. The standard InChI is InChI=1S/C7H5IN4S3/c1-13-6-11-12-7(15-6)14-5-9-2-4(8)3-10-5/h2-3H,1H3. The molecule has 0 aliphatic rings. The normalized spacial score (nSPS) is 10.5. The molecule has 0 radical (unpaired) electrons. The Balaban J connectivity index is 2.11. The Morgan fingerprint density at radius 3 is 2.47 bits per heavy atom. The fraction of sp³-hybridized carbons (Fsp3) is 0.143. The Morgan fingerprint density at radius 2 is 1.87 bits per heavy atom. The molecule has 2 aromatic rings. The monoisotopic (exact) mass is 368 g/mol. The molecule has 78 valence electrons. The highest BCUT2D eigenvalue weighted by molar-refractivity contribution is 14.1. The molecule has 2 heterocycles. The fourth-order valence-corrected chi connectivity index (χ4v) is 3.27. The quantitative estimate of drug-likeness (QED) is 0.472. The second-order valence-corrected chi connectivity index (χ2v) is 6.81. The van der Waals surface area contributed by atoms with Gasteiger partial charge in [0.1, 0.15) is 0 Å². The second-order valence-electron chi connectivity index (χ2n) is 2.32. The molecule has 0 amide bonds. The average molecular weight is 368 g/mol. The lowest BCUT2D eigenvalue weighted by molar-refractivity contribution is 0.932. The third kappa shape index (κ3) is 3.26. The summed E-state index contributed by atoms with van der Waals surface area (Å²) in [5, 5.41) is 8.74. The van der Waals surface area contributed by atoms with Crippen molar-refractivity contribution in [3.63, 3.8) is 0 Å². The Kier molecular flexibility index (Phi) is 4.17. The van der Waals surface area contributed by atoms with Crippen LogP contribution in [0.5, 0.6) is 0 Å². The molecule has 0 spiro atoms. The lowest BCUT2D eigenvalue weighted by Gasteiger charge is -1.93. The van der Waals surface area contributed by atoms with Gasteiger partial charge in [0.15, 0.2) is 13.8 Å². The van der Waals surface area contributed by atoms with E-state index in [0.29, 0.717) is 5.16 Å². The lowest BCUT2D eigenvalue weighted by Crippen LogP contribution is -1.85. The van der Waals surface area contributed by atoms with E-state index in [2.05, 4.69) is 42.8 Å². The summed E-state index contributed by atoms with van der Waals surface area (Å²) in [7, 11) is 0. The van der Waals surface area contributed by atoms with Gasteiger partial charge in [0.2, 0.25) is 0 Å². The lowest BCUT2D eigenvalue weighted by atomic mass is 10.7. The average Bonchev–Trinajstić information content (AvgIpc) is 2.69. The summed E-state index contributed by atoms with van der Waals surface area (Å²) < 4.78 is 2.86. The number of aromatic nitrogens is 4. The van der Waals surface area contributed by atoms with Crippen LogP contribution in [0.2, 0.25) is 0 Å². The maximum absolute atomic E-state index is 4.19. The van der Waals surface area contributed by atoms with Crippen molar-refractivity contribution >= 4 is 57.5 Å². The molecule has 2 rings (SSSR count). The van der Waals surface area contributed by atoms with Crippen LogP contribution >= 0.6 is 57.5 Å². The summed E-state index contributed by atoms with van der Waals surface area (Å²) in [6.07, 6.45) is 5.55. The van der Waals surface area contributed by atoms with Crippen LogP contribution in [0.15, 0.2) is 26.2 Å². The minimum Gasteiger partial charge on any atom is -0.230 e. The molecule has 0 N–H and O–H groups in total. The highest BCUT2D eigenvalue weighted by atomic mass is 127. The third-order valence-electron chi connectivity index (χ3n) is 1.34. The van der Waals surface area contributed by atoms with E-state index in [1.165, 1.54) is 11.8 Å². The third-order valence-corrected chi connectivity index (χ3v) is 4.74. The zero-order valence-corrected chi connectivity index (χ0v) is 12.2. The van der Waals surface area contributed by atoms with Crippen molar-refractivity contribution in [3.05, 3.63) is 16.0 Å². The molecule has 0 fully saturated rings. The zero-order valence-electron chi connectivity index (χ0n) is 7.55. The molecule has 8 heteroatoms. The molecule has 0 bridgehead atoms. The number of hydrogen-bond acceptors (Lipinski definition) is 7. The molecule has 0 saturated heterocycles. The number of halogens is 1. The van der Waals surface area contributed by atoms with Gasteiger partial charge in [-0.25, -0.2) is 9.97 Å². The van der Waals surface area contributed by atoms with Crippen molar-refractivity contribution in [2.24, 2.45) is 0 Å². The maximum Gasteiger partial charge on any atom is 0.194 e. The highest BCUT2D eigenvalue weighted by Gasteiger charge is 2.06. The molecule has 0 aromatic carbocycles. The highest BCUT2D eigenvalue weighted by Crippen LogP contribution is 2.30. The first-order valence-corrected chi connectivity index (χ1v) is 7.74. The van der Waals surface area contributed by atoms with Crippen molar-refractivity contribution in [1.82, 2.24) is 20.2 Å². The van der Waals surface area contributed by atoms with Crippen molar-refractivity contribution in [3.8, 4) is 0 Å². The zero-order chi connectivity index (χ0) is 10.7. The van der Waals surface area contributed by atoms with E-state index in [1.807, 2.05) is 6.26 Å². The Labute approximate surface area is 113 Å². The van der Waals surface area contributed by atoms with Gasteiger partial charge in [0.25, 0.3) is 0 Å². The number of nitrogens with zero attached hydrogens (tertiary/aromatic N) is 4. The summed E-state index contributed by atoms with van der Waals surface area (Å²) in [6.45, 7) is 0. The van der Waals surface area contributed by atoms with E-state index in [0.717, 1.165) is 12.2 Å². The minimum atomic E-state index is 0.708. The van der Waals surface area contributed by atoms with Crippen molar-refractivity contribution in [2.45, 2.75) is 13.8 Å². The van der Waals surface area contributed by atoms with Gasteiger partial charge in [-0.1, -0.05) is 23.1 Å². The second kappa shape index (κ2) is 5.41. The molecule has 2 aromatic heterocycles. The van der Waals surface area contributed by atoms with E-state index in [-0.39, 0.29) is 0 Å². The molecular formula is C7H5IN4S3. The van der Waals surface area contributed by atoms with Gasteiger partial charge in [-0.3, -0.25) is 0 Å². The molecule has 4 nitrogen and oxygen atoms in total. The van der Waals surface area contributed by atoms with E-state index < -0.39 is 0 Å². The van der Waals surface area contributed by atoms with E-state index in [9.17, 15) is 0 Å². The Bertz CT molecular complexity index is 444. The van der Waals surface area contributed by atoms with Crippen LogP contribution in [0.25, 0.3) is 0 Å². The van der Waals surface area contributed by atoms with Crippen LogP contribution in [-0.4, -0.2) is 26.4 Å². The molecular weight excluding hydrogens is 363 g/mol. The summed E-state index contributed by atoms with van der Waals surface area (Å²) in [5.74, 6) is 0. The maximum atomic E-state index is 4.19. The van der Waals surface area contributed by atoms with Crippen LogP contribution in [0.3, 0.4) is 0 Å². The van der Waals surface area contributed by atoms with Crippen molar-refractivity contribution in [2.75, 3.05) is 6.26 Å². The van der Waals surface area contributed by atoms with Gasteiger partial charge in [-0.2, -0.15) is 0 Å². The van der Waals surface area contributed by atoms with Crippen molar-refractivity contribution in [1.29, 1.82) is 0 Å². The Hall–Kier alpha value is 0.0700. The van der Waals surface area contributed by atoms with Crippen LogP contribution in [-0.2, 0) is 0 Å². The first kappa shape index (κ1) is 11.6. The van der Waals surface area contributed by atoms with Gasteiger partial charge in [0, 0.05) is 16.0 Å². The number of hydrogen-bond donors (Lipinski definition) is 0. The smallest absolute Gasteiger partial charge is 0.194 e. The predicted molar refractivity (Wildman–Crippen MR) is 70.6 cm³/mol. The molecule has 0 aliphatic carbocycles. The van der Waals surface area contributed by atoms with E-state index >= 15 is 0 Å². The number of thioether (sulfide) groups is 1. The molecule has 0 saturated carbocycles. The summed E-state index contributed by atoms with van der Waals surface area (Å²) in [5.41, 5.74) is 0. The molecule has 15 heavy (non-hydrogen) atoms. The van der Waals surface area contributed by atoms with E-state index in [1.54, 1.807) is 35.5 Å². The minimum absolute atomic E-state index is 0.708. The van der Waals surface area contributed by atoms with Gasteiger partial charge < -0.3 is 0 Å². The number of rotatable bonds is 3. The first-order chi connectivity index (χ1) is 7.28. The molecule has 0 atom stereocenters. The van der Waals surface area contributed by atoms with Gasteiger partial charge in [0.05, 0.1) is 0 Å². The predicted octanol–water partition coefficient (Wildman–Crippen LogP) is 2.81. The topological polar surface area (TPSA) is 51.6 Å². The van der Waals surface area contributed by atoms with Crippen molar-refractivity contribution < 1.29 is 0 Å². The van der Waals surface area contributed by atoms with Gasteiger partial charge in [-0.15, -0.1) is 10.2 Å². The first-order valence-electron chi connectivity index (χ1n) is 3.81. The molecule has 0 aliphatic heterocycles. The fourth-order valence-electron chi connectivity index (χ4n) is 0.752. The van der Waals surface area contributed by atoms with Crippen LogP contribution in [0.4, 0.5) is 0 Å². The SMILES string of the molecule is CSc1nnc(Sc2ncc(I)cn2)s1. The molecule has 0 unspecified atom stereocenters. The summed E-state index contributed by atoms with van der Waals surface area (Å²) in [6, 6.07) is 0. The van der Waals surface area contributed by atoms with Crippen LogP contribution in [0.1, 0.15) is 0 Å². The summed E-state index contributed by atoms with van der Waals surface area (Å²) in [4.78, 5) is 8.37.